The first kappa shape index (κ1) is 18.9. The molecule has 0 amide bonds. The van der Waals surface area contributed by atoms with Crippen molar-refractivity contribution >= 4 is 5.97 Å². The molecule has 4 rings (SSSR count). The van der Waals surface area contributed by atoms with Crippen LogP contribution in [-0.4, -0.2) is 22.7 Å². The van der Waals surface area contributed by atoms with Crippen molar-refractivity contribution in [3.63, 3.8) is 0 Å². The molecule has 0 bridgehead atoms. The first-order chi connectivity index (χ1) is 14.0. The zero-order chi connectivity index (χ0) is 20.4. The van der Waals surface area contributed by atoms with E-state index in [0.717, 1.165) is 5.69 Å². The Morgan fingerprint density at radius 3 is 2.48 bits per heavy atom. The molecule has 1 N–H and O–H groups in total. The standard InChI is InChI=1S/C23H20FNO4/c1-14-2-5-19(12-25-14)29-18-8-9-22(24)20(11-18)15-3-6-17(7-4-15)28-13-16-10-21(16)23(26)27/h2-9,11-12,16,21H,10,13H2,1H3,(H,26,27). The van der Waals surface area contributed by atoms with E-state index in [1.807, 2.05) is 19.1 Å². The molecule has 0 aliphatic heterocycles. The number of benzene rings is 2. The lowest BCUT2D eigenvalue weighted by Crippen LogP contribution is -2.06. The van der Waals surface area contributed by atoms with E-state index in [1.165, 1.54) is 6.07 Å². The summed E-state index contributed by atoms with van der Waals surface area (Å²) >= 11 is 0. The van der Waals surface area contributed by atoms with Gasteiger partial charge < -0.3 is 14.6 Å². The number of carboxylic acids is 1. The van der Waals surface area contributed by atoms with Gasteiger partial charge in [-0.3, -0.25) is 9.78 Å². The van der Waals surface area contributed by atoms with E-state index in [2.05, 4.69) is 4.98 Å². The van der Waals surface area contributed by atoms with Crippen LogP contribution in [0.3, 0.4) is 0 Å². The van der Waals surface area contributed by atoms with Crippen molar-refractivity contribution in [3.05, 3.63) is 72.3 Å². The molecule has 1 saturated carbocycles. The lowest BCUT2D eigenvalue weighted by Gasteiger charge is -2.10. The Hall–Kier alpha value is -3.41. The smallest absolute Gasteiger partial charge is 0.306 e. The minimum Gasteiger partial charge on any atom is -0.493 e. The number of halogens is 1. The van der Waals surface area contributed by atoms with Crippen LogP contribution in [0.15, 0.2) is 60.8 Å². The third kappa shape index (κ3) is 4.54. The fourth-order valence-electron chi connectivity index (χ4n) is 3.11. The molecule has 6 heteroatoms. The summed E-state index contributed by atoms with van der Waals surface area (Å²) in [5.41, 5.74) is 2.00. The fraction of sp³-hybridized carbons (Fsp3) is 0.217. The van der Waals surface area contributed by atoms with Gasteiger partial charge >= 0.3 is 5.97 Å². The van der Waals surface area contributed by atoms with Gasteiger partial charge in [0.15, 0.2) is 0 Å². The van der Waals surface area contributed by atoms with Crippen molar-refractivity contribution in [2.75, 3.05) is 6.61 Å². The van der Waals surface area contributed by atoms with Gasteiger partial charge in [-0.05, 0) is 61.4 Å². The molecule has 2 aromatic carbocycles. The highest BCUT2D eigenvalue weighted by molar-refractivity contribution is 5.73. The number of hydrogen-bond donors (Lipinski definition) is 1. The maximum absolute atomic E-state index is 14.4. The molecule has 1 aliphatic rings. The number of nitrogens with zero attached hydrogens (tertiary/aromatic N) is 1. The van der Waals surface area contributed by atoms with Crippen molar-refractivity contribution in [2.45, 2.75) is 13.3 Å². The second kappa shape index (κ2) is 7.91. The number of carboxylic acid groups (broad SMARTS) is 1. The molecule has 0 saturated heterocycles. The number of ether oxygens (including phenoxy) is 2. The zero-order valence-corrected chi connectivity index (χ0v) is 15.8. The second-order valence-corrected chi connectivity index (χ2v) is 7.15. The number of rotatable bonds is 7. The number of pyridine rings is 1. The molecular formula is C23H20FNO4. The summed E-state index contributed by atoms with van der Waals surface area (Å²) in [5, 5.41) is 8.93. The molecule has 3 aromatic rings. The Labute approximate surface area is 167 Å². The molecule has 1 aliphatic carbocycles. The average molecular weight is 393 g/mol. The number of aryl methyl sites for hydroxylation is 1. The highest BCUT2D eigenvalue weighted by Crippen LogP contribution is 2.39. The van der Waals surface area contributed by atoms with Crippen molar-refractivity contribution in [3.8, 4) is 28.4 Å². The first-order valence-electron chi connectivity index (χ1n) is 9.36. The van der Waals surface area contributed by atoms with E-state index in [1.54, 1.807) is 42.6 Å². The largest absolute Gasteiger partial charge is 0.493 e. The minimum absolute atomic E-state index is 0.0646. The highest BCUT2D eigenvalue weighted by atomic mass is 19.1. The lowest BCUT2D eigenvalue weighted by molar-refractivity contribution is -0.138. The highest BCUT2D eigenvalue weighted by Gasteiger charge is 2.43. The SMILES string of the molecule is Cc1ccc(Oc2ccc(F)c(-c3ccc(OCC4CC4C(=O)O)cc3)c2)cn1. The quantitative estimate of drug-likeness (QED) is 0.606. The van der Waals surface area contributed by atoms with Gasteiger partial charge in [-0.25, -0.2) is 4.39 Å². The Morgan fingerprint density at radius 1 is 1.10 bits per heavy atom. The monoisotopic (exact) mass is 393 g/mol. The van der Waals surface area contributed by atoms with E-state index in [4.69, 9.17) is 14.6 Å². The first-order valence-corrected chi connectivity index (χ1v) is 9.36. The Morgan fingerprint density at radius 2 is 1.83 bits per heavy atom. The Kier molecular flexibility index (Phi) is 5.16. The minimum atomic E-state index is -0.770. The summed E-state index contributed by atoms with van der Waals surface area (Å²) < 4.78 is 25.8. The molecule has 5 nitrogen and oxygen atoms in total. The lowest BCUT2D eigenvalue weighted by atomic mass is 10.0. The summed E-state index contributed by atoms with van der Waals surface area (Å²) in [7, 11) is 0. The molecule has 2 unspecified atom stereocenters. The number of hydrogen-bond acceptors (Lipinski definition) is 4. The molecular weight excluding hydrogens is 373 g/mol. The summed E-state index contributed by atoms with van der Waals surface area (Å²) in [6.07, 6.45) is 2.28. The number of aromatic nitrogens is 1. The summed E-state index contributed by atoms with van der Waals surface area (Å²) in [4.78, 5) is 15.1. The maximum Gasteiger partial charge on any atom is 0.306 e. The molecule has 0 radical (unpaired) electrons. The second-order valence-electron chi connectivity index (χ2n) is 7.15. The molecule has 1 fully saturated rings. The van der Waals surface area contributed by atoms with Crippen LogP contribution in [-0.2, 0) is 4.79 Å². The van der Waals surface area contributed by atoms with Crippen molar-refractivity contribution in [1.29, 1.82) is 0 Å². The molecule has 148 valence electrons. The van der Waals surface area contributed by atoms with Crippen LogP contribution in [0.25, 0.3) is 11.1 Å². The van der Waals surface area contributed by atoms with E-state index in [0.29, 0.717) is 41.4 Å². The molecule has 29 heavy (non-hydrogen) atoms. The number of aliphatic carboxylic acids is 1. The molecule has 0 spiro atoms. The van der Waals surface area contributed by atoms with Gasteiger partial charge in [-0.2, -0.15) is 0 Å². The predicted octanol–water partition coefficient (Wildman–Crippen LogP) is 5.09. The average Bonchev–Trinajstić information content (AvgIpc) is 3.50. The molecule has 1 heterocycles. The van der Waals surface area contributed by atoms with Gasteiger partial charge in [0.25, 0.3) is 0 Å². The third-order valence-corrected chi connectivity index (χ3v) is 4.93. The zero-order valence-electron chi connectivity index (χ0n) is 15.8. The van der Waals surface area contributed by atoms with Crippen LogP contribution < -0.4 is 9.47 Å². The van der Waals surface area contributed by atoms with Gasteiger partial charge in [0, 0.05) is 17.2 Å². The van der Waals surface area contributed by atoms with Crippen LogP contribution in [0.1, 0.15) is 12.1 Å². The van der Waals surface area contributed by atoms with E-state index < -0.39 is 5.97 Å². The summed E-state index contributed by atoms with van der Waals surface area (Å²) in [5.74, 6) is 0.369. The van der Waals surface area contributed by atoms with Gasteiger partial charge in [-0.1, -0.05) is 12.1 Å². The van der Waals surface area contributed by atoms with Gasteiger partial charge in [0.2, 0.25) is 0 Å². The van der Waals surface area contributed by atoms with Gasteiger partial charge in [0.1, 0.15) is 23.1 Å². The van der Waals surface area contributed by atoms with E-state index >= 15 is 0 Å². The van der Waals surface area contributed by atoms with Crippen LogP contribution >= 0.6 is 0 Å². The van der Waals surface area contributed by atoms with Crippen LogP contribution in [0.5, 0.6) is 17.2 Å². The normalized spacial score (nSPS) is 17.6. The van der Waals surface area contributed by atoms with E-state index in [-0.39, 0.29) is 17.7 Å². The van der Waals surface area contributed by atoms with E-state index in [9.17, 15) is 9.18 Å². The Bertz CT molecular complexity index is 1020. The van der Waals surface area contributed by atoms with Gasteiger partial charge in [-0.15, -0.1) is 0 Å². The summed E-state index contributed by atoms with van der Waals surface area (Å²) in [6, 6.07) is 15.3. The van der Waals surface area contributed by atoms with Crippen molar-refractivity contribution in [2.24, 2.45) is 11.8 Å². The third-order valence-electron chi connectivity index (χ3n) is 4.93. The van der Waals surface area contributed by atoms with Crippen LogP contribution in [0.2, 0.25) is 0 Å². The van der Waals surface area contributed by atoms with Crippen molar-refractivity contribution in [1.82, 2.24) is 4.98 Å². The summed E-state index contributed by atoms with van der Waals surface area (Å²) in [6.45, 7) is 2.26. The van der Waals surface area contributed by atoms with Crippen molar-refractivity contribution < 1.29 is 23.8 Å². The maximum atomic E-state index is 14.4. The number of carbonyl (C=O) groups is 1. The van der Waals surface area contributed by atoms with Gasteiger partial charge in [0.05, 0.1) is 18.7 Å². The molecule has 2 atom stereocenters. The fourth-order valence-corrected chi connectivity index (χ4v) is 3.11. The Balaban J connectivity index is 1.44. The van der Waals surface area contributed by atoms with Crippen LogP contribution in [0.4, 0.5) is 4.39 Å². The molecule has 1 aromatic heterocycles. The topological polar surface area (TPSA) is 68.7 Å². The van der Waals surface area contributed by atoms with Crippen LogP contribution in [0, 0.1) is 24.6 Å². The predicted molar refractivity (Wildman–Crippen MR) is 106 cm³/mol.